The van der Waals surface area contributed by atoms with E-state index in [1.165, 1.54) is 12.3 Å². The Morgan fingerprint density at radius 1 is 1.41 bits per heavy atom. The van der Waals surface area contributed by atoms with Crippen LogP contribution < -0.4 is 16.0 Å². The van der Waals surface area contributed by atoms with E-state index in [1.807, 2.05) is 22.4 Å². The number of nitrogens with one attached hydrogen (secondary N) is 2. The molecule has 152 valence electrons. The van der Waals surface area contributed by atoms with Gasteiger partial charge in [-0.15, -0.1) is 0 Å². The fourth-order valence-corrected chi connectivity index (χ4v) is 3.21. The second kappa shape index (κ2) is 9.05. The first-order valence-electron chi connectivity index (χ1n) is 9.17. The fraction of sp³-hybridized carbons (Fsp3) is 0.368. The number of rotatable bonds is 4. The average Bonchev–Trinajstić information content (AvgIpc) is 2.73. The third kappa shape index (κ3) is 5.01. The topological polar surface area (TPSA) is 131 Å². The number of piperazine rings is 1. The van der Waals surface area contributed by atoms with Gasteiger partial charge >= 0.3 is 6.09 Å². The van der Waals surface area contributed by atoms with Gasteiger partial charge in [-0.1, -0.05) is 12.2 Å². The Kier molecular flexibility index (Phi) is 6.29. The molecule has 1 aromatic heterocycles. The molecule has 0 bridgehead atoms. The first kappa shape index (κ1) is 20.1. The van der Waals surface area contributed by atoms with Gasteiger partial charge in [-0.05, 0) is 18.6 Å². The van der Waals surface area contributed by atoms with E-state index >= 15 is 0 Å². The Labute approximate surface area is 167 Å². The van der Waals surface area contributed by atoms with Crippen LogP contribution in [0.1, 0.15) is 12.0 Å². The minimum atomic E-state index is -0.920. The Morgan fingerprint density at radius 3 is 2.76 bits per heavy atom. The van der Waals surface area contributed by atoms with Crippen LogP contribution in [0.15, 0.2) is 36.2 Å². The Morgan fingerprint density at radius 2 is 2.14 bits per heavy atom. The van der Waals surface area contributed by atoms with Crippen molar-refractivity contribution < 1.29 is 13.9 Å². The van der Waals surface area contributed by atoms with E-state index in [1.54, 1.807) is 0 Å². The molecule has 9 nitrogen and oxygen atoms in total. The minimum Gasteiger partial charge on any atom is -0.444 e. The van der Waals surface area contributed by atoms with Gasteiger partial charge < -0.3 is 20.3 Å². The zero-order valence-electron chi connectivity index (χ0n) is 15.8. The lowest BCUT2D eigenvalue weighted by Crippen LogP contribution is -2.46. The van der Waals surface area contributed by atoms with Crippen molar-refractivity contribution in [1.29, 1.82) is 10.7 Å². The van der Waals surface area contributed by atoms with Gasteiger partial charge in [0.15, 0.2) is 17.6 Å². The van der Waals surface area contributed by atoms with Gasteiger partial charge in [0.2, 0.25) is 0 Å². The highest BCUT2D eigenvalue weighted by molar-refractivity contribution is 5.90. The number of anilines is 1. The average molecular weight is 399 g/mol. The molecule has 1 saturated heterocycles. The highest BCUT2D eigenvalue weighted by Crippen LogP contribution is 2.24. The molecule has 0 radical (unpaired) electrons. The number of alkyl carbamates (subject to hydrolysis) is 1. The lowest BCUT2D eigenvalue weighted by atomic mass is 10.0. The highest BCUT2D eigenvalue weighted by Gasteiger charge is 2.23. The summed E-state index contributed by atoms with van der Waals surface area (Å²) in [5.74, 6) is -0.934. The number of amides is 1. The minimum absolute atomic E-state index is 0.0687. The van der Waals surface area contributed by atoms with Gasteiger partial charge in [0.25, 0.3) is 0 Å². The van der Waals surface area contributed by atoms with E-state index in [0.29, 0.717) is 32.6 Å². The number of hydrogen-bond acceptors (Lipinski definition) is 7. The molecule has 0 spiro atoms. The van der Waals surface area contributed by atoms with E-state index in [2.05, 4.69) is 22.0 Å². The van der Waals surface area contributed by atoms with Gasteiger partial charge in [0.1, 0.15) is 6.61 Å². The van der Waals surface area contributed by atoms with Crippen molar-refractivity contribution in [3.8, 4) is 6.07 Å². The molecule has 1 aliphatic heterocycles. The predicted octanol–water partition coefficient (Wildman–Crippen LogP) is 1.45. The van der Waals surface area contributed by atoms with Crippen LogP contribution in [0.5, 0.6) is 0 Å². The van der Waals surface area contributed by atoms with E-state index in [0.717, 1.165) is 5.70 Å². The number of pyridine rings is 1. The molecule has 1 atom stereocenters. The summed E-state index contributed by atoms with van der Waals surface area (Å²) in [6.07, 6.45) is 7.20. The number of halogens is 1. The zero-order chi connectivity index (χ0) is 20.8. The van der Waals surface area contributed by atoms with Gasteiger partial charge in [0, 0.05) is 43.6 Å². The molecule has 1 fully saturated rings. The van der Waals surface area contributed by atoms with Crippen molar-refractivity contribution in [2.24, 2.45) is 11.7 Å². The van der Waals surface area contributed by atoms with Crippen LogP contribution in [0.2, 0.25) is 0 Å². The van der Waals surface area contributed by atoms with Crippen LogP contribution in [0.4, 0.5) is 15.0 Å². The van der Waals surface area contributed by atoms with Crippen LogP contribution in [0.3, 0.4) is 0 Å². The second-order valence-corrected chi connectivity index (χ2v) is 6.66. The number of aromatic nitrogens is 1. The number of carbonyl (C=O) groups is 1. The quantitative estimate of drug-likeness (QED) is 0.516. The van der Waals surface area contributed by atoms with Gasteiger partial charge in [-0.2, -0.15) is 5.26 Å². The molecular weight excluding hydrogens is 377 g/mol. The number of nitriles is 1. The molecule has 1 unspecified atom stereocenters. The molecule has 0 aromatic carbocycles. The summed E-state index contributed by atoms with van der Waals surface area (Å²) < 4.78 is 19.7. The predicted molar refractivity (Wildman–Crippen MR) is 104 cm³/mol. The molecule has 1 aromatic rings. The Hall–Kier alpha value is -3.61. The van der Waals surface area contributed by atoms with Crippen molar-refractivity contribution >= 4 is 17.9 Å². The number of guanidine groups is 1. The summed E-state index contributed by atoms with van der Waals surface area (Å²) in [6.45, 7) is 2.29. The van der Waals surface area contributed by atoms with E-state index in [-0.39, 0.29) is 23.9 Å². The summed E-state index contributed by atoms with van der Waals surface area (Å²) in [4.78, 5) is 19.6. The number of nitrogens with two attached hydrogens (primary N) is 1. The summed E-state index contributed by atoms with van der Waals surface area (Å²) in [7, 11) is 0. The lowest BCUT2D eigenvalue weighted by Gasteiger charge is -2.38. The molecular formula is C19H22FN7O2. The summed E-state index contributed by atoms with van der Waals surface area (Å²) in [5.41, 5.74) is 6.32. The normalized spacial score (nSPS) is 18.6. The number of nitrogens with zero attached hydrogens (tertiary/aromatic N) is 4. The summed E-state index contributed by atoms with van der Waals surface area (Å²) in [6, 6.07) is 3.68. The highest BCUT2D eigenvalue weighted by atomic mass is 19.1. The standard InChI is InChI=1S/C19H22FN7O2/c20-16-14(12-29-19(28)25-18(22)23)5-6-24-17(16)27-9-7-26(8-10-27)15-3-1-13(11-21)2-4-15/h1,3-6,13H,2,7-10,12H2,(H4,22,23,25,28). The lowest BCUT2D eigenvalue weighted by molar-refractivity contribution is 0.143. The maximum absolute atomic E-state index is 14.9. The number of hydrogen-bond donors (Lipinski definition) is 3. The van der Waals surface area contributed by atoms with E-state index in [4.69, 9.17) is 21.1 Å². The van der Waals surface area contributed by atoms with Crippen molar-refractivity contribution in [2.75, 3.05) is 31.1 Å². The van der Waals surface area contributed by atoms with Crippen LogP contribution >= 0.6 is 0 Å². The van der Waals surface area contributed by atoms with Crippen molar-refractivity contribution in [1.82, 2.24) is 15.2 Å². The fourth-order valence-electron chi connectivity index (χ4n) is 3.21. The van der Waals surface area contributed by atoms with Crippen LogP contribution in [0.25, 0.3) is 0 Å². The third-order valence-electron chi connectivity index (χ3n) is 4.74. The largest absolute Gasteiger partial charge is 0.444 e. The smallest absolute Gasteiger partial charge is 0.414 e. The maximum Gasteiger partial charge on any atom is 0.414 e. The first-order valence-corrected chi connectivity index (χ1v) is 9.17. The first-order chi connectivity index (χ1) is 14.0. The zero-order valence-corrected chi connectivity index (χ0v) is 15.8. The van der Waals surface area contributed by atoms with Gasteiger partial charge in [-0.3, -0.25) is 10.7 Å². The maximum atomic E-state index is 14.9. The number of ether oxygens (including phenoxy) is 1. The molecule has 0 saturated carbocycles. The van der Waals surface area contributed by atoms with Crippen molar-refractivity contribution in [3.63, 3.8) is 0 Å². The molecule has 3 rings (SSSR count). The van der Waals surface area contributed by atoms with Crippen molar-refractivity contribution in [3.05, 3.63) is 47.6 Å². The van der Waals surface area contributed by atoms with Crippen LogP contribution in [-0.2, 0) is 11.3 Å². The molecule has 29 heavy (non-hydrogen) atoms. The van der Waals surface area contributed by atoms with E-state index in [9.17, 15) is 9.18 Å². The summed E-state index contributed by atoms with van der Waals surface area (Å²) in [5, 5.41) is 17.9. The van der Waals surface area contributed by atoms with Crippen LogP contribution in [0, 0.1) is 28.5 Å². The molecule has 1 amide bonds. The Balaban J connectivity index is 1.59. The molecule has 1 aliphatic carbocycles. The van der Waals surface area contributed by atoms with E-state index < -0.39 is 17.9 Å². The summed E-state index contributed by atoms with van der Waals surface area (Å²) >= 11 is 0. The molecule has 2 heterocycles. The van der Waals surface area contributed by atoms with Gasteiger partial charge in [-0.25, -0.2) is 14.2 Å². The number of allylic oxidation sites excluding steroid dienone is 3. The second-order valence-electron chi connectivity index (χ2n) is 6.66. The van der Waals surface area contributed by atoms with Crippen LogP contribution in [-0.4, -0.2) is 48.1 Å². The monoisotopic (exact) mass is 399 g/mol. The van der Waals surface area contributed by atoms with Gasteiger partial charge in [0.05, 0.1) is 12.0 Å². The molecule has 2 aliphatic rings. The molecule has 10 heteroatoms. The third-order valence-corrected chi connectivity index (χ3v) is 4.74. The number of carbonyl (C=O) groups excluding carboxylic acids is 1. The Bertz CT molecular complexity index is 885. The molecule has 4 N–H and O–H groups in total. The SMILES string of the molecule is N#CC1C=CC(N2CCN(c3nccc(COC(=O)NC(=N)N)c3F)CC2)=CC1. The van der Waals surface area contributed by atoms with Crippen molar-refractivity contribution in [2.45, 2.75) is 13.0 Å².